The molecule has 0 N–H and O–H groups in total. The lowest BCUT2D eigenvalue weighted by Gasteiger charge is -2.27. The van der Waals surface area contributed by atoms with E-state index in [0.717, 1.165) is 37.6 Å². The van der Waals surface area contributed by atoms with Gasteiger partial charge in [-0.05, 0) is 17.7 Å². The van der Waals surface area contributed by atoms with Gasteiger partial charge in [-0.2, -0.15) is 0 Å². The molecular formula is C19H25N3O2. The fourth-order valence-electron chi connectivity index (χ4n) is 3.70. The highest BCUT2D eigenvalue weighted by Gasteiger charge is 2.24. The van der Waals surface area contributed by atoms with Gasteiger partial charge in [0.15, 0.2) is 11.5 Å². The third kappa shape index (κ3) is 2.77. The van der Waals surface area contributed by atoms with Gasteiger partial charge >= 0.3 is 0 Å². The van der Waals surface area contributed by atoms with Gasteiger partial charge in [0.05, 0.1) is 5.69 Å². The summed E-state index contributed by atoms with van der Waals surface area (Å²) in [4.78, 5) is 7.35. The van der Waals surface area contributed by atoms with Crippen LogP contribution >= 0.6 is 0 Å². The van der Waals surface area contributed by atoms with Crippen molar-refractivity contribution in [3.05, 3.63) is 41.0 Å². The first-order valence-corrected chi connectivity index (χ1v) is 8.77. The number of hydrogen-bond acceptors (Lipinski definition) is 4. The lowest BCUT2D eigenvalue weighted by molar-refractivity contribution is 0.171. The zero-order valence-electron chi connectivity index (χ0n) is 14.7. The molecule has 24 heavy (non-hydrogen) atoms. The number of hydrogen-bond donors (Lipinski definition) is 0. The number of aromatic nitrogens is 2. The highest BCUT2D eigenvalue weighted by atomic mass is 16.6. The summed E-state index contributed by atoms with van der Waals surface area (Å²) < 4.78 is 13.6. The second-order valence-electron chi connectivity index (χ2n) is 7.02. The minimum Gasteiger partial charge on any atom is -0.486 e. The first kappa shape index (κ1) is 15.5. The Balaban J connectivity index is 1.50. The lowest BCUT2D eigenvalue weighted by Crippen LogP contribution is -2.30. The fourth-order valence-corrected chi connectivity index (χ4v) is 3.70. The molecule has 2 aliphatic rings. The third-order valence-electron chi connectivity index (χ3n) is 4.90. The Morgan fingerprint density at radius 2 is 1.96 bits per heavy atom. The largest absolute Gasteiger partial charge is 0.486 e. The number of imidazole rings is 1. The Hall–Kier alpha value is -2.01. The normalized spacial score (nSPS) is 17.2. The molecule has 0 atom stereocenters. The first-order valence-electron chi connectivity index (χ1n) is 8.77. The van der Waals surface area contributed by atoms with E-state index in [1.165, 1.54) is 22.8 Å². The maximum Gasteiger partial charge on any atom is 0.161 e. The topological polar surface area (TPSA) is 39.5 Å². The smallest absolute Gasteiger partial charge is 0.161 e. The van der Waals surface area contributed by atoms with Crippen molar-refractivity contribution in [3.8, 4) is 11.5 Å². The van der Waals surface area contributed by atoms with E-state index in [9.17, 15) is 0 Å². The van der Waals surface area contributed by atoms with Gasteiger partial charge in [-0.15, -0.1) is 0 Å². The van der Waals surface area contributed by atoms with Crippen molar-refractivity contribution in [1.29, 1.82) is 0 Å². The molecule has 2 aromatic rings. The first-order chi connectivity index (χ1) is 11.6. The maximum atomic E-state index is 5.70. The van der Waals surface area contributed by atoms with Gasteiger partial charge in [0, 0.05) is 44.7 Å². The van der Waals surface area contributed by atoms with Crippen molar-refractivity contribution in [2.24, 2.45) is 7.05 Å². The monoisotopic (exact) mass is 327 g/mol. The van der Waals surface area contributed by atoms with E-state index >= 15 is 0 Å². The summed E-state index contributed by atoms with van der Waals surface area (Å²) >= 11 is 0. The van der Waals surface area contributed by atoms with E-state index in [1.54, 1.807) is 0 Å². The molecule has 0 aliphatic carbocycles. The summed E-state index contributed by atoms with van der Waals surface area (Å²) in [5, 5.41) is 0. The molecule has 4 rings (SSSR count). The average Bonchev–Trinajstić information content (AvgIpc) is 2.91. The van der Waals surface area contributed by atoms with Gasteiger partial charge in [0.1, 0.15) is 19.0 Å². The van der Waals surface area contributed by atoms with E-state index in [-0.39, 0.29) is 0 Å². The van der Waals surface area contributed by atoms with Crippen LogP contribution in [0.25, 0.3) is 0 Å². The number of benzene rings is 1. The molecule has 128 valence electrons. The molecule has 2 aliphatic heterocycles. The molecule has 0 spiro atoms. The molecule has 0 bridgehead atoms. The predicted octanol–water partition coefficient (Wildman–Crippen LogP) is 2.87. The minimum absolute atomic E-state index is 0.465. The number of nitrogens with zero attached hydrogens (tertiary/aromatic N) is 3. The van der Waals surface area contributed by atoms with Crippen LogP contribution in [-0.2, 0) is 26.6 Å². The van der Waals surface area contributed by atoms with Crippen LogP contribution in [0.5, 0.6) is 11.5 Å². The molecule has 0 amide bonds. The standard InChI is InChI=1S/C19H25N3O2/c1-13(2)19-20-15-12-22(7-6-16(15)21(19)3)11-14-4-5-17-18(10-14)24-9-8-23-17/h4-5,10,13H,6-9,11-12H2,1-3H3. The summed E-state index contributed by atoms with van der Waals surface area (Å²) in [6.07, 6.45) is 1.07. The van der Waals surface area contributed by atoms with E-state index in [4.69, 9.17) is 14.5 Å². The second kappa shape index (κ2) is 6.13. The van der Waals surface area contributed by atoms with Crippen molar-refractivity contribution >= 4 is 0 Å². The van der Waals surface area contributed by atoms with Gasteiger partial charge in [0.25, 0.3) is 0 Å². The van der Waals surface area contributed by atoms with Crippen molar-refractivity contribution < 1.29 is 9.47 Å². The van der Waals surface area contributed by atoms with Gasteiger partial charge in [0.2, 0.25) is 0 Å². The molecule has 1 aromatic carbocycles. The van der Waals surface area contributed by atoms with Crippen molar-refractivity contribution in [3.63, 3.8) is 0 Å². The van der Waals surface area contributed by atoms with E-state index < -0.39 is 0 Å². The molecule has 0 radical (unpaired) electrons. The van der Waals surface area contributed by atoms with Crippen LogP contribution in [0.15, 0.2) is 18.2 Å². The van der Waals surface area contributed by atoms with Gasteiger partial charge in [-0.3, -0.25) is 4.90 Å². The molecule has 0 unspecified atom stereocenters. The van der Waals surface area contributed by atoms with Gasteiger partial charge in [-0.1, -0.05) is 19.9 Å². The molecular weight excluding hydrogens is 302 g/mol. The fraction of sp³-hybridized carbons (Fsp3) is 0.526. The second-order valence-corrected chi connectivity index (χ2v) is 7.02. The molecule has 0 fully saturated rings. The number of ether oxygens (including phenoxy) is 2. The summed E-state index contributed by atoms with van der Waals surface area (Å²) in [7, 11) is 2.15. The lowest BCUT2D eigenvalue weighted by atomic mass is 10.1. The van der Waals surface area contributed by atoms with Crippen molar-refractivity contribution in [2.45, 2.75) is 39.3 Å². The molecule has 5 heteroatoms. The summed E-state index contributed by atoms with van der Waals surface area (Å²) in [5.41, 5.74) is 3.91. The Labute approximate surface area is 143 Å². The highest BCUT2D eigenvalue weighted by molar-refractivity contribution is 5.43. The summed E-state index contributed by atoms with van der Waals surface area (Å²) in [5.74, 6) is 3.39. The van der Waals surface area contributed by atoms with Crippen LogP contribution in [0, 0.1) is 0 Å². The van der Waals surface area contributed by atoms with Gasteiger partial charge in [-0.25, -0.2) is 4.98 Å². The van der Waals surface area contributed by atoms with E-state index in [1.807, 2.05) is 6.07 Å². The van der Waals surface area contributed by atoms with Crippen LogP contribution in [0.2, 0.25) is 0 Å². The number of rotatable bonds is 3. The zero-order valence-corrected chi connectivity index (χ0v) is 14.7. The van der Waals surface area contributed by atoms with Crippen LogP contribution in [0.4, 0.5) is 0 Å². The number of fused-ring (bicyclic) bond motifs is 2. The summed E-state index contributed by atoms with van der Waals surface area (Å²) in [6.45, 7) is 8.60. The Bertz CT molecular complexity index is 751. The van der Waals surface area contributed by atoms with Gasteiger partial charge < -0.3 is 14.0 Å². The van der Waals surface area contributed by atoms with Crippen molar-refractivity contribution in [1.82, 2.24) is 14.5 Å². The van der Waals surface area contributed by atoms with E-state index in [2.05, 4.69) is 42.5 Å². The van der Waals surface area contributed by atoms with E-state index in [0.29, 0.717) is 19.1 Å². The highest BCUT2D eigenvalue weighted by Crippen LogP contribution is 2.32. The third-order valence-corrected chi connectivity index (χ3v) is 4.90. The summed E-state index contributed by atoms with van der Waals surface area (Å²) in [6, 6.07) is 6.28. The Morgan fingerprint density at radius 3 is 2.75 bits per heavy atom. The minimum atomic E-state index is 0.465. The molecule has 1 aromatic heterocycles. The SMILES string of the molecule is CC(C)c1nc2c(n1C)CCN(Cc1ccc3c(c1)OCCO3)C2. The predicted molar refractivity (Wildman–Crippen MR) is 92.5 cm³/mol. The van der Waals surface area contributed by atoms with Crippen molar-refractivity contribution in [2.75, 3.05) is 19.8 Å². The molecule has 3 heterocycles. The van der Waals surface area contributed by atoms with Crippen LogP contribution < -0.4 is 9.47 Å². The molecule has 0 saturated heterocycles. The average molecular weight is 327 g/mol. The Morgan fingerprint density at radius 1 is 1.17 bits per heavy atom. The Kier molecular flexibility index (Phi) is 3.96. The zero-order chi connectivity index (χ0) is 16.7. The maximum absolute atomic E-state index is 5.70. The van der Waals surface area contributed by atoms with Crippen LogP contribution in [0.1, 0.15) is 42.5 Å². The molecule has 5 nitrogen and oxygen atoms in total. The van der Waals surface area contributed by atoms with Crippen LogP contribution in [0.3, 0.4) is 0 Å². The van der Waals surface area contributed by atoms with Crippen LogP contribution in [-0.4, -0.2) is 34.2 Å². The quantitative estimate of drug-likeness (QED) is 0.869. The molecule has 0 saturated carbocycles.